The normalized spacial score (nSPS) is 9.47. The van der Waals surface area contributed by atoms with E-state index in [2.05, 4.69) is 6.58 Å². The SMILES string of the molecule is C=CCOC(=O)c1cccc(N)c1C(=O)NC(N)=O. The largest absolute Gasteiger partial charge is 0.458 e. The number of primary amides is 1. The first kappa shape index (κ1) is 14.2. The molecule has 0 radical (unpaired) electrons. The lowest BCUT2D eigenvalue weighted by atomic mass is 10.0. The Morgan fingerprint density at radius 3 is 2.63 bits per heavy atom. The number of amides is 3. The molecular weight excluding hydrogens is 250 g/mol. The number of nitrogens with one attached hydrogen (secondary N) is 1. The highest BCUT2D eigenvalue weighted by atomic mass is 16.5. The summed E-state index contributed by atoms with van der Waals surface area (Å²) in [7, 11) is 0. The Morgan fingerprint density at radius 2 is 2.05 bits per heavy atom. The van der Waals surface area contributed by atoms with Crippen LogP contribution in [0.15, 0.2) is 30.9 Å². The average molecular weight is 263 g/mol. The van der Waals surface area contributed by atoms with Gasteiger partial charge in [0, 0.05) is 5.69 Å². The molecular formula is C12H13N3O4. The van der Waals surface area contributed by atoms with Gasteiger partial charge in [-0.3, -0.25) is 10.1 Å². The summed E-state index contributed by atoms with van der Waals surface area (Å²) in [5.41, 5.74) is 10.3. The number of carbonyl (C=O) groups is 3. The molecule has 3 amide bonds. The summed E-state index contributed by atoms with van der Waals surface area (Å²) < 4.78 is 4.82. The lowest BCUT2D eigenvalue weighted by Crippen LogP contribution is -2.36. The van der Waals surface area contributed by atoms with Crippen LogP contribution in [0.2, 0.25) is 0 Å². The lowest BCUT2D eigenvalue weighted by Gasteiger charge is -2.10. The summed E-state index contributed by atoms with van der Waals surface area (Å²) in [6, 6.07) is 3.22. The first-order valence-corrected chi connectivity index (χ1v) is 5.24. The summed E-state index contributed by atoms with van der Waals surface area (Å²) in [6.45, 7) is 3.39. The van der Waals surface area contributed by atoms with E-state index in [1.54, 1.807) is 0 Å². The van der Waals surface area contributed by atoms with Crippen molar-refractivity contribution in [3.63, 3.8) is 0 Å². The summed E-state index contributed by atoms with van der Waals surface area (Å²) in [5, 5.41) is 1.84. The third kappa shape index (κ3) is 3.56. The Morgan fingerprint density at radius 1 is 1.37 bits per heavy atom. The third-order valence-corrected chi connectivity index (χ3v) is 2.11. The maximum Gasteiger partial charge on any atom is 0.339 e. The molecule has 7 nitrogen and oxygen atoms in total. The van der Waals surface area contributed by atoms with Crippen molar-refractivity contribution in [2.45, 2.75) is 0 Å². The zero-order chi connectivity index (χ0) is 14.4. The molecule has 100 valence electrons. The minimum atomic E-state index is -1.04. The predicted octanol–water partition coefficient (Wildman–Crippen LogP) is 0.420. The summed E-state index contributed by atoms with van der Waals surface area (Å²) in [6.07, 6.45) is 1.38. The molecule has 0 fully saturated rings. The van der Waals surface area contributed by atoms with Crippen molar-refractivity contribution >= 4 is 23.6 Å². The van der Waals surface area contributed by atoms with E-state index in [0.29, 0.717) is 0 Å². The Labute approximate surface area is 109 Å². The lowest BCUT2D eigenvalue weighted by molar-refractivity contribution is 0.0546. The van der Waals surface area contributed by atoms with Gasteiger partial charge in [-0.15, -0.1) is 0 Å². The van der Waals surface area contributed by atoms with Gasteiger partial charge in [-0.05, 0) is 12.1 Å². The van der Waals surface area contributed by atoms with Crippen LogP contribution in [0.25, 0.3) is 0 Å². The first-order valence-electron chi connectivity index (χ1n) is 5.24. The molecule has 0 spiro atoms. The quantitative estimate of drug-likeness (QED) is 0.412. The number of hydrogen-bond donors (Lipinski definition) is 3. The predicted molar refractivity (Wildman–Crippen MR) is 68.4 cm³/mol. The summed E-state index contributed by atoms with van der Waals surface area (Å²) in [4.78, 5) is 34.2. The number of rotatable bonds is 4. The fraction of sp³-hybridized carbons (Fsp3) is 0.0833. The summed E-state index contributed by atoms with van der Waals surface area (Å²) in [5.74, 6) is -1.61. The fourth-order valence-corrected chi connectivity index (χ4v) is 1.38. The Kier molecular flexibility index (Phi) is 4.64. The molecule has 19 heavy (non-hydrogen) atoms. The third-order valence-electron chi connectivity index (χ3n) is 2.11. The van der Waals surface area contributed by atoms with E-state index in [4.69, 9.17) is 16.2 Å². The number of esters is 1. The van der Waals surface area contributed by atoms with E-state index in [1.807, 2.05) is 5.32 Å². The van der Waals surface area contributed by atoms with Crippen molar-refractivity contribution in [1.82, 2.24) is 5.32 Å². The maximum atomic E-state index is 11.8. The van der Waals surface area contributed by atoms with Crippen LogP contribution in [-0.4, -0.2) is 24.5 Å². The van der Waals surface area contributed by atoms with Crippen LogP contribution < -0.4 is 16.8 Å². The highest BCUT2D eigenvalue weighted by molar-refractivity contribution is 6.13. The van der Waals surface area contributed by atoms with Crippen LogP contribution in [-0.2, 0) is 4.74 Å². The molecule has 1 aromatic carbocycles. The molecule has 0 unspecified atom stereocenters. The van der Waals surface area contributed by atoms with Crippen LogP contribution >= 0.6 is 0 Å². The van der Waals surface area contributed by atoms with Crippen molar-refractivity contribution in [3.05, 3.63) is 42.0 Å². The van der Waals surface area contributed by atoms with Crippen molar-refractivity contribution in [3.8, 4) is 0 Å². The van der Waals surface area contributed by atoms with Crippen LogP contribution in [0, 0.1) is 0 Å². The molecule has 0 saturated carbocycles. The van der Waals surface area contributed by atoms with Gasteiger partial charge in [0.25, 0.3) is 5.91 Å². The minimum Gasteiger partial charge on any atom is -0.458 e. The van der Waals surface area contributed by atoms with Crippen LogP contribution in [0.4, 0.5) is 10.5 Å². The maximum absolute atomic E-state index is 11.8. The highest BCUT2D eigenvalue weighted by Gasteiger charge is 2.21. The molecule has 0 heterocycles. The molecule has 0 atom stereocenters. The molecule has 0 bridgehead atoms. The number of nitrogen functional groups attached to an aromatic ring is 1. The molecule has 1 aromatic rings. The van der Waals surface area contributed by atoms with Gasteiger partial charge in [-0.1, -0.05) is 18.7 Å². The van der Waals surface area contributed by atoms with Crippen molar-refractivity contribution < 1.29 is 19.1 Å². The molecule has 7 heteroatoms. The highest BCUT2D eigenvalue weighted by Crippen LogP contribution is 2.18. The number of ether oxygens (including phenoxy) is 1. The van der Waals surface area contributed by atoms with Gasteiger partial charge in [0.05, 0.1) is 11.1 Å². The van der Waals surface area contributed by atoms with E-state index < -0.39 is 17.9 Å². The number of anilines is 1. The standard InChI is InChI=1S/C12H13N3O4/c1-2-6-19-11(17)7-4-3-5-8(13)9(7)10(16)15-12(14)18/h2-5H,1,6,13H2,(H3,14,15,16,18). The second kappa shape index (κ2) is 6.20. The second-order valence-corrected chi connectivity index (χ2v) is 3.48. The van der Waals surface area contributed by atoms with Gasteiger partial charge in [0.1, 0.15) is 6.61 Å². The van der Waals surface area contributed by atoms with Gasteiger partial charge in [0.2, 0.25) is 0 Å². The van der Waals surface area contributed by atoms with Gasteiger partial charge >= 0.3 is 12.0 Å². The van der Waals surface area contributed by atoms with E-state index in [-0.39, 0.29) is 23.4 Å². The minimum absolute atomic E-state index is 0.00941. The number of urea groups is 1. The Hall–Kier alpha value is -2.83. The number of benzene rings is 1. The van der Waals surface area contributed by atoms with E-state index in [0.717, 1.165) is 0 Å². The van der Waals surface area contributed by atoms with Crippen molar-refractivity contribution in [2.75, 3.05) is 12.3 Å². The molecule has 1 rings (SSSR count). The second-order valence-electron chi connectivity index (χ2n) is 3.48. The molecule has 0 aliphatic heterocycles. The van der Waals surface area contributed by atoms with Crippen molar-refractivity contribution in [1.29, 1.82) is 0 Å². The molecule has 0 aliphatic rings. The number of imide groups is 1. The van der Waals surface area contributed by atoms with Crippen LogP contribution in [0.3, 0.4) is 0 Å². The van der Waals surface area contributed by atoms with Gasteiger partial charge in [0.15, 0.2) is 0 Å². The molecule has 0 aromatic heterocycles. The van der Waals surface area contributed by atoms with Gasteiger partial charge in [-0.2, -0.15) is 0 Å². The van der Waals surface area contributed by atoms with E-state index in [1.165, 1.54) is 24.3 Å². The molecule has 5 N–H and O–H groups in total. The summed E-state index contributed by atoms with van der Waals surface area (Å²) >= 11 is 0. The molecule has 0 saturated heterocycles. The topological polar surface area (TPSA) is 125 Å². The van der Waals surface area contributed by atoms with Gasteiger partial charge in [-0.25, -0.2) is 9.59 Å². The first-order chi connectivity index (χ1) is 8.97. The average Bonchev–Trinajstić information content (AvgIpc) is 2.34. The number of hydrogen-bond acceptors (Lipinski definition) is 5. The smallest absolute Gasteiger partial charge is 0.339 e. The van der Waals surface area contributed by atoms with E-state index >= 15 is 0 Å². The van der Waals surface area contributed by atoms with E-state index in [9.17, 15) is 14.4 Å². The molecule has 0 aliphatic carbocycles. The van der Waals surface area contributed by atoms with Crippen LogP contribution in [0.1, 0.15) is 20.7 Å². The number of carbonyl (C=O) groups excluding carboxylic acids is 3. The number of nitrogens with two attached hydrogens (primary N) is 2. The fourth-order valence-electron chi connectivity index (χ4n) is 1.38. The van der Waals surface area contributed by atoms with Crippen LogP contribution in [0.5, 0.6) is 0 Å². The Bertz CT molecular complexity index is 540. The van der Waals surface area contributed by atoms with Gasteiger partial charge < -0.3 is 16.2 Å². The Balaban J connectivity index is 3.14. The monoisotopic (exact) mass is 263 g/mol. The van der Waals surface area contributed by atoms with Crippen molar-refractivity contribution in [2.24, 2.45) is 5.73 Å². The zero-order valence-electron chi connectivity index (χ0n) is 10.0. The zero-order valence-corrected chi connectivity index (χ0v) is 10.0.